The van der Waals surface area contributed by atoms with Crippen LogP contribution in [0.25, 0.3) is 0 Å². The molecule has 6 nitrogen and oxygen atoms in total. The number of methoxy groups -OCH3 is 1. The van der Waals surface area contributed by atoms with Crippen LogP contribution in [0, 0.1) is 0 Å². The Kier molecular flexibility index (Phi) is 6.44. The van der Waals surface area contributed by atoms with Gasteiger partial charge in [0.2, 0.25) is 0 Å². The highest BCUT2D eigenvalue weighted by Crippen LogP contribution is 2.32. The highest BCUT2D eigenvalue weighted by molar-refractivity contribution is 9.10. The minimum Gasteiger partial charge on any atom is -0.495 e. The lowest BCUT2D eigenvalue weighted by Gasteiger charge is -2.26. The van der Waals surface area contributed by atoms with E-state index in [2.05, 4.69) is 15.9 Å². The van der Waals surface area contributed by atoms with Gasteiger partial charge in [-0.3, -0.25) is 9.10 Å². The number of anilines is 1. The van der Waals surface area contributed by atoms with Crippen LogP contribution in [0.3, 0.4) is 0 Å². The fourth-order valence-electron chi connectivity index (χ4n) is 2.31. The standard InChI is InChI=1S/C17H18BrNO5S/c1-24-16-6-3-2-5-15(16)19(12-4-7-17(20)21)25(22,23)14-10-8-13(18)9-11-14/h2-3,5-6,8-11H,4,7,12H2,1H3,(H,20,21). The Hall–Kier alpha value is -2.06. The second kappa shape index (κ2) is 8.35. The first-order chi connectivity index (χ1) is 11.9. The molecule has 0 saturated carbocycles. The molecule has 134 valence electrons. The summed E-state index contributed by atoms with van der Waals surface area (Å²) in [5, 5.41) is 8.85. The minimum absolute atomic E-state index is 0.0328. The zero-order valence-corrected chi connectivity index (χ0v) is 16.0. The number of sulfonamides is 1. The van der Waals surface area contributed by atoms with E-state index >= 15 is 0 Å². The summed E-state index contributed by atoms with van der Waals surface area (Å²) in [6, 6.07) is 13.0. The SMILES string of the molecule is COc1ccccc1N(CCCC(=O)O)S(=O)(=O)c1ccc(Br)cc1. The fraction of sp³-hybridized carbons (Fsp3) is 0.235. The number of carbonyl (C=O) groups is 1. The van der Waals surface area contributed by atoms with Gasteiger partial charge in [0.1, 0.15) is 5.75 Å². The summed E-state index contributed by atoms with van der Waals surface area (Å²) in [5.41, 5.74) is 0.373. The summed E-state index contributed by atoms with van der Waals surface area (Å²) >= 11 is 3.28. The van der Waals surface area contributed by atoms with Crippen LogP contribution < -0.4 is 9.04 Å². The third-order valence-electron chi connectivity index (χ3n) is 3.51. The van der Waals surface area contributed by atoms with Crippen LogP contribution in [-0.4, -0.2) is 33.1 Å². The number of hydrogen-bond acceptors (Lipinski definition) is 4. The molecule has 0 bridgehead atoms. The van der Waals surface area contributed by atoms with Crippen molar-refractivity contribution in [3.05, 3.63) is 53.0 Å². The van der Waals surface area contributed by atoms with Gasteiger partial charge in [-0.1, -0.05) is 28.1 Å². The van der Waals surface area contributed by atoms with Gasteiger partial charge in [0.15, 0.2) is 0 Å². The van der Waals surface area contributed by atoms with Crippen molar-refractivity contribution in [3.63, 3.8) is 0 Å². The number of carboxylic acids is 1. The predicted molar refractivity (Wildman–Crippen MR) is 98.5 cm³/mol. The number of hydrogen-bond donors (Lipinski definition) is 1. The molecular weight excluding hydrogens is 410 g/mol. The van der Waals surface area contributed by atoms with E-state index in [4.69, 9.17) is 9.84 Å². The maximum atomic E-state index is 13.1. The average Bonchev–Trinajstić information content (AvgIpc) is 2.58. The molecule has 0 spiro atoms. The van der Waals surface area contributed by atoms with Gasteiger partial charge in [0.05, 0.1) is 17.7 Å². The molecule has 0 aliphatic rings. The average molecular weight is 428 g/mol. The summed E-state index contributed by atoms with van der Waals surface area (Å²) in [4.78, 5) is 10.9. The van der Waals surface area contributed by atoms with Gasteiger partial charge >= 0.3 is 5.97 Å². The lowest BCUT2D eigenvalue weighted by molar-refractivity contribution is -0.137. The van der Waals surface area contributed by atoms with E-state index in [0.29, 0.717) is 11.4 Å². The Morgan fingerprint density at radius 2 is 1.80 bits per heavy atom. The van der Waals surface area contributed by atoms with Gasteiger partial charge < -0.3 is 9.84 Å². The van der Waals surface area contributed by atoms with E-state index in [1.165, 1.54) is 23.5 Å². The van der Waals surface area contributed by atoms with Crippen LogP contribution >= 0.6 is 15.9 Å². The zero-order valence-electron chi connectivity index (χ0n) is 13.6. The minimum atomic E-state index is -3.86. The van der Waals surface area contributed by atoms with Gasteiger partial charge in [0.25, 0.3) is 10.0 Å². The van der Waals surface area contributed by atoms with Crippen molar-refractivity contribution in [2.24, 2.45) is 0 Å². The molecule has 0 aromatic heterocycles. The number of rotatable bonds is 8. The fourth-order valence-corrected chi connectivity index (χ4v) is 4.09. The van der Waals surface area contributed by atoms with Gasteiger partial charge in [-0.15, -0.1) is 0 Å². The molecule has 0 heterocycles. The third kappa shape index (κ3) is 4.73. The maximum absolute atomic E-state index is 13.1. The summed E-state index contributed by atoms with van der Waals surface area (Å²) in [6.07, 6.45) is 0.0602. The third-order valence-corrected chi connectivity index (χ3v) is 5.86. The smallest absolute Gasteiger partial charge is 0.303 e. The van der Waals surface area contributed by atoms with Crippen molar-refractivity contribution in [3.8, 4) is 5.75 Å². The van der Waals surface area contributed by atoms with Crippen LogP contribution in [0.15, 0.2) is 57.9 Å². The van der Waals surface area contributed by atoms with Gasteiger partial charge in [-0.05, 0) is 42.8 Å². The van der Waals surface area contributed by atoms with E-state index in [1.807, 2.05) is 0 Å². The first-order valence-electron chi connectivity index (χ1n) is 7.49. The molecule has 0 saturated heterocycles. The molecule has 0 aliphatic heterocycles. The number of aliphatic carboxylic acids is 1. The van der Waals surface area contributed by atoms with E-state index in [0.717, 1.165) is 4.47 Å². The number of ether oxygens (including phenoxy) is 1. The van der Waals surface area contributed by atoms with E-state index < -0.39 is 16.0 Å². The summed E-state index contributed by atoms with van der Waals surface area (Å²) in [6.45, 7) is 0.0328. The van der Waals surface area contributed by atoms with Crippen molar-refractivity contribution in [2.45, 2.75) is 17.7 Å². The van der Waals surface area contributed by atoms with Crippen LogP contribution in [-0.2, 0) is 14.8 Å². The van der Waals surface area contributed by atoms with Crippen molar-refractivity contribution in [1.29, 1.82) is 0 Å². The van der Waals surface area contributed by atoms with E-state index in [1.54, 1.807) is 36.4 Å². The van der Waals surface area contributed by atoms with Crippen molar-refractivity contribution in [2.75, 3.05) is 18.0 Å². The van der Waals surface area contributed by atoms with Crippen LogP contribution in [0.4, 0.5) is 5.69 Å². The Balaban J connectivity index is 2.46. The van der Waals surface area contributed by atoms with Crippen LogP contribution in [0.1, 0.15) is 12.8 Å². The molecule has 0 amide bonds. The molecule has 2 aromatic rings. The Morgan fingerprint density at radius 1 is 1.16 bits per heavy atom. The lowest BCUT2D eigenvalue weighted by atomic mass is 10.2. The topological polar surface area (TPSA) is 83.9 Å². The largest absolute Gasteiger partial charge is 0.495 e. The first-order valence-corrected chi connectivity index (χ1v) is 9.72. The highest BCUT2D eigenvalue weighted by atomic mass is 79.9. The molecule has 0 aliphatic carbocycles. The molecule has 0 atom stereocenters. The Bertz CT molecular complexity index is 836. The second-order valence-corrected chi connectivity index (χ2v) is 7.98. The molecule has 0 radical (unpaired) electrons. The highest BCUT2D eigenvalue weighted by Gasteiger charge is 2.27. The summed E-state index contributed by atoms with van der Waals surface area (Å²) in [7, 11) is -2.40. The quantitative estimate of drug-likeness (QED) is 0.696. The van der Waals surface area contributed by atoms with Gasteiger partial charge in [-0.25, -0.2) is 8.42 Å². The molecule has 1 N–H and O–H groups in total. The van der Waals surface area contributed by atoms with E-state index in [9.17, 15) is 13.2 Å². The van der Waals surface area contributed by atoms with Crippen LogP contribution in [0.2, 0.25) is 0 Å². The number of nitrogens with zero attached hydrogens (tertiary/aromatic N) is 1. The van der Waals surface area contributed by atoms with Gasteiger partial charge in [-0.2, -0.15) is 0 Å². The van der Waals surface area contributed by atoms with Gasteiger partial charge in [0, 0.05) is 17.4 Å². The maximum Gasteiger partial charge on any atom is 0.303 e. The first kappa shape index (κ1) is 19.3. The van der Waals surface area contributed by atoms with Crippen molar-refractivity contribution >= 4 is 37.6 Å². The van der Waals surface area contributed by atoms with Crippen molar-refractivity contribution < 1.29 is 23.1 Å². The molecular formula is C17H18BrNO5S. The summed E-state index contributed by atoms with van der Waals surface area (Å²) in [5.74, 6) is -0.570. The number of benzene rings is 2. The lowest BCUT2D eigenvalue weighted by Crippen LogP contribution is -2.32. The van der Waals surface area contributed by atoms with Crippen LogP contribution in [0.5, 0.6) is 5.75 Å². The summed E-state index contributed by atoms with van der Waals surface area (Å²) < 4.78 is 33.4. The molecule has 0 fully saturated rings. The molecule has 2 rings (SSSR count). The van der Waals surface area contributed by atoms with Crippen molar-refractivity contribution in [1.82, 2.24) is 0 Å². The Morgan fingerprint density at radius 3 is 2.40 bits per heavy atom. The molecule has 8 heteroatoms. The monoisotopic (exact) mass is 427 g/mol. The zero-order chi connectivity index (χ0) is 18.4. The number of para-hydroxylation sites is 2. The Labute approximate surface area is 155 Å². The number of halogens is 1. The van der Waals surface area contributed by atoms with E-state index in [-0.39, 0.29) is 24.3 Å². The second-order valence-electron chi connectivity index (χ2n) is 5.20. The predicted octanol–water partition coefficient (Wildman–Crippen LogP) is 3.52. The number of carboxylic acid groups (broad SMARTS) is 1. The molecule has 2 aromatic carbocycles. The molecule has 0 unspecified atom stereocenters. The normalized spacial score (nSPS) is 11.1. The molecule has 25 heavy (non-hydrogen) atoms.